The largest absolute Gasteiger partial charge is 0.481 e. The molecule has 3 rings (SSSR count). The number of unbranched alkanes of at least 4 members (excludes halogenated alkanes) is 1. The molecule has 0 saturated carbocycles. The first-order valence-corrected chi connectivity index (χ1v) is 19.0. The molecule has 0 spiro atoms. The van der Waals surface area contributed by atoms with E-state index >= 15 is 0 Å². The number of aliphatic imine (C=N–C) groups is 1. The average molecular weight is 826 g/mol. The number of pyridine rings is 1. The summed E-state index contributed by atoms with van der Waals surface area (Å²) in [6.07, 6.45) is 1.53. The SMILES string of the molecule is CCNC(=S)NNc1ccc(C(=O)NCCCC[C@@H]2NC(=O)[C@@H](Cc3ccccc3)NC(=O)[C@H](CC(=O)O)NC(=O)CNC(=O)[C@H](CCCN=C(N)N)NC2=O)cn1. The molecule has 1 saturated heterocycles. The molecule has 1 aliphatic rings. The zero-order valence-electron chi connectivity index (χ0n) is 32.0. The molecule has 1 aliphatic heterocycles. The fraction of sp³-hybridized carbons (Fsp3) is 0.444. The highest BCUT2D eigenvalue weighted by molar-refractivity contribution is 7.80. The fourth-order valence-electron chi connectivity index (χ4n) is 5.54. The van der Waals surface area contributed by atoms with E-state index in [2.05, 4.69) is 58.0 Å². The first-order chi connectivity index (χ1) is 27.7. The average Bonchev–Trinajstić information content (AvgIpc) is 3.19. The van der Waals surface area contributed by atoms with Crippen LogP contribution < -0.4 is 59.5 Å². The van der Waals surface area contributed by atoms with E-state index in [1.54, 1.807) is 42.5 Å². The predicted molar refractivity (Wildman–Crippen MR) is 216 cm³/mol. The van der Waals surface area contributed by atoms with Crippen LogP contribution in [0, 0.1) is 0 Å². The van der Waals surface area contributed by atoms with E-state index in [1.807, 2.05) is 6.92 Å². The summed E-state index contributed by atoms with van der Waals surface area (Å²) < 4.78 is 0. The normalized spacial score (nSPS) is 18.9. The van der Waals surface area contributed by atoms with Gasteiger partial charge in [0, 0.05) is 32.3 Å². The van der Waals surface area contributed by atoms with Gasteiger partial charge in [-0.25, -0.2) is 4.98 Å². The Kier molecular flexibility index (Phi) is 19.1. The van der Waals surface area contributed by atoms with Gasteiger partial charge in [-0.2, -0.15) is 0 Å². The van der Waals surface area contributed by atoms with E-state index in [9.17, 15) is 38.7 Å². The van der Waals surface area contributed by atoms with Crippen LogP contribution in [-0.2, 0) is 35.2 Å². The predicted octanol–water partition coefficient (Wildman–Crippen LogP) is -2.37. The lowest BCUT2D eigenvalue weighted by Gasteiger charge is -2.26. The van der Waals surface area contributed by atoms with Gasteiger partial charge in [0.25, 0.3) is 5.91 Å². The van der Waals surface area contributed by atoms with E-state index < -0.39 is 78.5 Å². The molecule has 314 valence electrons. The van der Waals surface area contributed by atoms with E-state index in [1.165, 1.54) is 6.20 Å². The van der Waals surface area contributed by atoms with Crippen LogP contribution in [0.25, 0.3) is 0 Å². The summed E-state index contributed by atoms with van der Waals surface area (Å²) in [6.45, 7) is 2.21. The van der Waals surface area contributed by atoms with Gasteiger partial charge < -0.3 is 53.8 Å². The highest BCUT2D eigenvalue weighted by atomic mass is 32.1. The number of aromatic nitrogens is 1. The molecule has 0 bridgehead atoms. The third-order valence-corrected chi connectivity index (χ3v) is 8.70. The lowest BCUT2D eigenvalue weighted by atomic mass is 10.0. The molecule has 1 aromatic heterocycles. The maximum absolute atomic E-state index is 13.9. The molecule has 1 aromatic carbocycles. The summed E-state index contributed by atoms with van der Waals surface area (Å²) in [6, 6.07) is 6.46. The number of carboxylic acid groups (broad SMARTS) is 1. The van der Waals surface area contributed by atoms with Crippen molar-refractivity contribution in [2.45, 2.75) is 76.0 Å². The minimum absolute atomic E-state index is 0.0346. The van der Waals surface area contributed by atoms with Crippen molar-refractivity contribution in [1.29, 1.82) is 0 Å². The first-order valence-electron chi connectivity index (χ1n) is 18.6. The van der Waals surface area contributed by atoms with Crippen LogP contribution in [-0.4, -0.2) is 113 Å². The molecule has 1 fully saturated rings. The molecule has 21 nitrogen and oxygen atoms in total. The Balaban J connectivity index is 1.79. The number of nitrogens with one attached hydrogen (secondary N) is 9. The first kappa shape index (κ1) is 45.8. The standard InChI is InChI=1S/C36H51N13O8S/c1-2-39-36(58)49-48-27-14-13-22(19-42-27)30(53)40-15-7-6-11-24-32(55)45-23(12-8-16-41-35(37)38)31(54)43-20-28(50)44-26(18-29(51)52)34(57)47-25(33(56)46-24)17-21-9-4-3-5-10-21/h3-5,9-10,13-14,19,23-26H,2,6-8,11-12,15-18,20H2,1H3,(H,40,53)(H,42,48)(H,43,54)(H,44,50)(H,45,55)(H,46,56)(H,47,57)(H,51,52)(H4,37,38,41)(H2,39,49,58)/t23-,24-,25+,26-/m0/s1. The summed E-state index contributed by atoms with van der Waals surface area (Å²) in [4.78, 5) is 99.8. The zero-order chi connectivity index (χ0) is 42.5. The maximum atomic E-state index is 13.9. The molecule has 0 unspecified atom stereocenters. The van der Waals surface area contributed by atoms with Crippen LogP contribution in [0.1, 0.15) is 61.4 Å². The van der Waals surface area contributed by atoms with Gasteiger partial charge in [-0.1, -0.05) is 30.3 Å². The number of nitrogens with zero attached hydrogens (tertiary/aromatic N) is 2. The molecule has 2 heterocycles. The molecule has 0 aliphatic carbocycles. The van der Waals surface area contributed by atoms with Gasteiger partial charge in [-0.3, -0.25) is 49.4 Å². The molecular formula is C36H51N13O8S. The molecular weight excluding hydrogens is 775 g/mol. The Labute approximate surface area is 340 Å². The van der Waals surface area contributed by atoms with Gasteiger partial charge in [0.05, 0.1) is 18.5 Å². The van der Waals surface area contributed by atoms with Crippen molar-refractivity contribution >= 4 is 70.5 Å². The molecule has 0 radical (unpaired) electrons. The fourth-order valence-corrected chi connectivity index (χ4v) is 5.74. The summed E-state index contributed by atoms with van der Waals surface area (Å²) in [5.74, 6) is -5.65. The number of guanidine groups is 1. The summed E-state index contributed by atoms with van der Waals surface area (Å²) in [7, 11) is 0. The molecule has 58 heavy (non-hydrogen) atoms. The van der Waals surface area contributed by atoms with Gasteiger partial charge >= 0.3 is 5.97 Å². The van der Waals surface area contributed by atoms with Gasteiger partial charge in [-0.15, -0.1) is 0 Å². The van der Waals surface area contributed by atoms with Crippen LogP contribution in [0.2, 0.25) is 0 Å². The number of hydrogen-bond donors (Lipinski definition) is 12. The Morgan fingerprint density at radius 3 is 2.16 bits per heavy atom. The van der Waals surface area contributed by atoms with Crippen molar-refractivity contribution in [2.75, 3.05) is 31.6 Å². The van der Waals surface area contributed by atoms with Crippen molar-refractivity contribution in [2.24, 2.45) is 16.5 Å². The molecule has 2 aromatic rings. The second-order valence-corrected chi connectivity index (χ2v) is 13.5. The minimum atomic E-state index is -1.60. The number of anilines is 1. The third-order valence-electron chi connectivity index (χ3n) is 8.45. The van der Waals surface area contributed by atoms with E-state index in [0.717, 1.165) is 0 Å². The number of hydrazine groups is 1. The summed E-state index contributed by atoms with van der Waals surface area (Å²) in [5.41, 5.74) is 17.3. The highest BCUT2D eigenvalue weighted by Gasteiger charge is 2.33. The summed E-state index contributed by atoms with van der Waals surface area (Å²) >= 11 is 5.09. The monoisotopic (exact) mass is 825 g/mol. The number of thiocarbonyl (C=S) groups is 1. The lowest BCUT2D eigenvalue weighted by Crippen LogP contribution is -2.58. The van der Waals surface area contributed by atoms with Gasteiger partial charge in [-0.05, 0) is 68.9 Å². The van der Waals surface area contributed by atoms with E-state index in [4.69, 9.17) is 23.7 Å². The second-order valence-electron chi connectivity index (χ2n) is 13.1. The smallest absolute Gasteiger partial charge is 0.305 e. The van der Waals surface area contributed by atoms with Crippen molar-refractivity contribution in [1.82, 2.24) is 47.6 Å². The van der Waals surface area contributed by atoms with Gasteiger partial charge in [0.15, 0.2) is 11.1 Å². The minimum Gasteiger partial charge on any atom is -0.481 e. The van der Waals surface area contributed by atoms with Crippen LogP contribution in [0.15, 0.2) is 53.7 Å². The number of carboxylic acids is 1. The van der Waals surface area contributed by atoms with Crippen molar-refractivity contribution in [3.05, 3.63) is 59.8 Å². The van der Waals surface area contributed by atoms with Gasteiger partial charge in [0.1, 0.15) is 30.0 Å². The number of carbonyl (C=O) groups excluding carboxylic acids is 6. The molecule has 4 atom stereocenters. The molecule has 22 heteroatoms. The Bertz CT molecular complexity index is 1780. The van der Waals surface area contributed by atoms with Crippen molar-refractivity contribution in [3.8, 4) is 0 Å². The number of rotatable bonds is 17. The Morgan fingerprint density at radius 1 is 0.845 bits per heavy atom. The van der Waals surface area contributed by atoms with Crippen LogP contribution in [0.4, 0.5) is 5.82 Å². The van der Waals surface area contributed by atoms with Crippen LogP contribution >= 0.6 is 12.2 Å². The Morgan fingerprint density at radius 2 is 1.50 bits per heavy atom. The van der Waals surface area contributed by atoms with Gasteiger partial charge in [0.2, 0.25) is 29.5 Å². The molecule has 6 amide bonds. The number of aliphatic carboxylic acids is 1. The van der Waals surface area contributed by atoms with Crippen molar-refractivity contribution < 1.29 is 38.7 Å². The number of amides is 6. The second kappa shape index (κ2) is 24.1. The Hall–Kier alpha value is -6.58. The van der Waals surface area contributed by atoms with Crippen molar-refractivity contribution in [3.63, 3.8) is 0 Å². The zero-order valence-corrected chi connectivity index (χ0v) is 32.8. The number of benzene rings is 1. The molecule has 14 N–H and O–H groups in total. The van der Waals surface area contributed by atoms with E-state index in [0.29, 0.717) is 41.4 Å². The third kappa shape index (κ3) is 16.6. The summed E-state index contributed by atoms with van der Waals surface area (Å²) in [5, 5.41) is 28.2. The van der Waals surface area contributed by atoms with Crippen LogP contribution in [0.3, 0.4) is 0 Å². The van der Waals surface area contributed by atoms with Crippen LogP contribution in [0.5, 0.6) is 0 Å². The topological polar surface area (TPSA) is 325 Å². The number of hydrogen-bond acceptors (Lipinski definition) is 11. The lowest BCUT2D eigenvalue weighted by molar-refractivity contribution is -0.141. The highest BCUT2D eigenvalue weighted by Crippen LogP contribution is 2.10. The number of carbonyl (C=O) groups is 7. The number of nitrogens with two attached hydrogens (primary N) is 2. The quantitative estimate of drug-likeness (QED) is 0.0261. The maximum Gasteiger partial charge on any atom is 0.305 e. The van der Waals surface area contributed by atoms with E-state index in [-0.39, 0.29) is 44.7 Å².